The zero-order valence-corrected chi connectivity index (χ0v) is 38.3. The highest BCUT2D eigenvalue weighted by molar-refractivity contribution is 6.22. The molecule has 10 aromatic rings. The van der Waals surface area contributed by atoms with E-state index in [1.165, 1.54) is 98.4 Å². The van der Waals surface area contributed by atoms with Gasteiger partial charge in [0.15, 0.2) is 0 Å². The van der Waals surface area contributed by atoms with Crippen LogP contribution < -0.4 is 15.3 Å². The second-order valence-corrected chi connectivity index (χ2v) is 17.1. The maximum Gasteiger partial charge on any atom is 0.0859 e. The molecule has 0 bridgehead atoms. The average molecular weight is 861 g/mol. The Morgan fingerprint density at radius 3 is 1.82 bits per heavy atom. The van der Waals surface area contributed by atoms with E-state index in [1.54, 1.807) is 0 Å². The second-order valence-electron chi connectivity index (χ2n) is 17.1. The van der Waals surface area contributed by atoms with Crippen LogP contribution in [0.15, 0.2) is 236 Å². The third kappa shape index (κ3) is 8.42. The molecule has 0 spiro atoms. The van der Waals surface area contributed by atoms with Crippen molar-refractivity contribution in [3.8, 4) is 22.3 Å². The SMILES string of the molecule is C=Nc1ccccc1N(Cc1cccc(-c2c3ccccc3c(-c3ccc4cc(C(/C(=C/C)c5ccc(C)cc5)=c5\cccc\c5=C\C=C\C)ccc4c3)c3ccccc23)c1)c1ccccc1. The summed E-state index contributed by atoms with van der Waals surface area (Å²) >= 11 is 0. The van der Waals surface area contributed by atoms with Gasteiger partial charge < -0.3 is 4.90 Å². The fourth-order valence-electron chi connectivity index (χ4n) is 9.78. The van der Waals surface area contributed by atoms with Gasteiger partial charge in [0.25, 0.3) is 0 Å². The Balaban J connectivity index is 1.10. The molecule has 2 nitrogen and oxygen atoms in total. The fraction of sp³-hybridized carbons (Fsp3) is 0.0615. The lowest BCUT2D eigenvalue weighted by Gasteiger charge is -2.27. The average Bonchev–Trinajstić information content (AvgIpc) is 3.38. The highest BCUT2D eigenvalue weighted by atomic mass is 15.1. The van der Waals surface area contributed by atoms with Crippen molar-refractivity contribution >= 4 is 73.3 Å². The van der Waals surface area contributed by atoms with E-state index in [0.717, 1.165) is 17.1 Å². The molecule has 67 heavy (non-hydrogen) atoms. The Kier molecular flexibility index (Phi) is 12.1. The molecule has 0 aliphatic rings. The molecule has 322 valence electrons. The van der Waals surface area contributed by atoms with E-state index in [-0.39, 0.29) is 0 Å². The molecule has 2 heteroatoms. The lowest BCUT2D eigenvalue weighted by atomic mass is 9.85. The van der Waals surface area contributed by atoms with Crippen LogP contribution in [0.3, 0.4) is 0 Å². The Morgan fingerprint density at radius 2 is 1.13 bits per heavy atom. The molecule has 0 saturated carbocycles. The minimum atomic E-state index is 0.666. The van der Waals surface area contributed by atoms with Crippen LogP contribution in [0.1, 0.15) is 36.1 Å². The van der Waals surface area contributed by atoms with Crippen LogP contribution >= 0.6 is 0 Å². The highest BCUT2D eigenvalue weighted by Crippen LogP contribution is 2.45. The summed E-state index contributed by atoms with van der Waals surface area (Å²) < 4.78 is 0. The second kappa shape index (κ2) is 19.0. The van der Waals surface area contributed by atoms with Gasteiger partial charge in [0.2, 0.25) is 0 Å². The lowest BCUT2D eigenvalue weighted by molar-refractivity contribution is 0.976. The molecule has 0 aliphatic heterocycles. The molecule has 0 aromatic heterocycles. The van der Waals surface area contributed by atoms with Crippen molar-refractivity contribution in [2.45, 2.75) is 27.3 Å². The Labute approximate surface area is 394 Å². The third-order valence-corrected chi connectivity index (χ3v) is 12.9. The van der Waals surface area contributed by atoms with Gasteiger partial charge >= 0.3 is 0 Å². The summed E-state index contributed by atoms with van der Waals surface area (Å²) in [5, 5.41) is 9.72. The largest absolute Gasteiger partial charge is 0.335 e. The van der Waals surface area contributed by atoms with Crippen LogP contribution in [-0.2, 0) is 6.54 Å². The van der Waals surface area contributed by atoms with E-state index in [0.29, 0.717) is 6.54 Å². The Morgan fingerprint density at radius 1 is 0.537 bits per heavy atom. The number of anilines is 2. The first-order valence-corrected chi connectivity index (χ1v) is 23.1. The summed E-state index contributed by atoms with van der Waals surface area (Å²) in [5.74, 6) is 0. The van der Waals surface area contributed by atoms with Gasteiger partial charge in [-0.05, 0) is 163 Å². The van der Waals surface area contributed by atoms with Crippen molar-refractivity contribution < 1.29 is 0 Å². The number of para-hydroxylation sites is 3. The van der Waals surface area contributed by atoms with Gasteiger partial charge in [-0.15, -0.1) is 0 Å². The van der Waals surface area contributed by atoms with Gasteiger partial charge in [-0.25, -0.2) is 0 Å². The third-order valence-electron chi connectivity index (χ3n) is 12.9. The molecule has 0 atom stereocenters. The Hall–Kier alpha value is -8.33. The Bertz CT molecular complexity index is 3590. The minimum absolute atomic E-state index is 0.666. The van der Waals surface area contributed by atoms with Gasteiger partial charge in [-0.1, -0.05) is 200 Å². The summed E-state index contributed by atoms with van der Waals surface area (Å²) in [7, 11) is 0. The number of benzene rings is 10. The van der Waals surface area contributed by atoms with Crippen LogP contribution in [0.2, 0.25) is 0 Å². The lowest BCUT2D eigenvalue weighted by Crippen LogP contribution is -2.27. The van der Waals surface area contributed by atoms with Gasteiger partial charge in [0.05, 0.1) is 11.4 Å². The van der Waals surface area contributed by atoms with Crippen LogP contribution in [0.25, 0.3) is 71.8 Å². The molecule has 10 rings (SSSR count). The van der Waals surface area contributed by atoms with E-state index in [2.05, 4.69) is 262 Å². The first-order chi connectivity index (χ1) is 33.0. The molecule has 10 aromatic carbocycles. The number of nitrogens with zero attached hydrogens (tertiary/aromatic N) is 2. The van der Waals surface area contributed by atoms with Crippen LogP contribution in [-0.4, -0.2) is 6.72 Å². The number of hydrogen-bond acceptors (Lipinski definition) is 2. The topological polar surface area (TPSA) is 15.6 Å². The van der Waals surface area contributed by atoms with E-state index in [1.807, 2.05) is 12.1 Å². The van der Waals surface area contributed by atoms with Crippen molar-refractivity contribution in [2.24, 2.45) is 4.99 Å². The monoisotopic (exact) mass is 860 g/mol. The smallest absolute Gasteiger partial charge is 0.0859 e. The zero-order chi connectivity index (χ0) is 45.7. The quantitative estimate of drug-likeness (QED) is 0.0934. The first-order valence-electron chi connectivity index (χ1n) is 23.1. The molecule has 0 saturated heterocycles. The summed E-state index contributed by atoms with van der Waals surface area (Å²) in [4.78, 5) is 6.73. The fourth-order valence-corrected chi connectivity index (χ4v) is 9.78. The standard InChI is InChI=1S/C65H52N2/c1-5-7-21-47-22-11-12-26-56(47)63(55(6-2)48-35-33-45(3)34-36-48)52-39-37-50-43-53(40-38-49(50)42-52)65-59-29-15-13-27-57(59)64(58-28-14-16-30-60(58)65)51-23-19-20-46(41-51)44-67(54-24-9-8-10-25-54)62-32-18-17-31-61(62)66-4/h5-43H,4,44H2,1-3H3/b7-5+,47-21-,55-6+,63-56-. The van der Waals surface area contributed by atoms with E-state index < -0.39 is 0 Å². The maximum absolute atomic E-state index is 4.40. The predicted molar refractivity (Wildman–Crippen MR) is 290 cm³/mol. The van der Waals surface area contributed by atoms with Crippen LogP contribution in [0.4, 0.5) is 17.1 Å². The molecule has 0 radical (unpaired) electrons. The van der Waals surface area contributed by atoms with Crippen molar-refractivity contribution in [1.82, 2.24) is 0 Å². The molecular weight excluding hydrogens is 809 g/mol. The van der Waals surface area contributed by atoms with Crippen molar-refractivity contribution in [2.75, 3.05) is 4.90 Å². The number of allylic oxidation sites excluding steroid dienone is 4. The molecule has 0 unspecified atom stereocenters. The zero-order valence-electron chi connectivity index (χ0n) is 38.3. The van der Waals surface area contributed by atoms with Crippen molar-refractivity contribution in [3.05, 3.63) is 263 Å². The van der Waals surface area contributed by atoms with E-state index in [4.69, 9.17) is 0 Å². The molecule has 0 amide bonds. The van der Waals surface area contributed by atoms with Crippen LogP contribution in [0.5, 0.6) is 0 Å². The van der Waals surface area contributed by atoms with Crippen molar-refractivity contribution in [1.29, 1.82) is 0 Å². The summed E-state index contributed by atoms with van der Waals surface area (Å²) in [6, 6.07) is 77.3. The van der Waals surface area contributed by atoms with Gasteiger partial charge in [-0.3, -0.25) is 4.99 Å². The number of aryl methyl sites for hydroxylation is 1. The summed E-state index contributed by atoms with van der Waals surface area (Å²) in [6.45, 7) is 10.9. The number of aliphatic imine (C=N–C) groups is 1. The molecular formula is C65H52N2. The summed E-state index contributed by atoms with van der Waals surface area (Å²) in [5.41, 5.74) is 15.1. The number of fused-ring (bicyclic) bond motifs is 3. The summed E-state index contributed by atoms with van der Waals surface area (Å²) in [6.07, 6.45) is 8.68. The van der Waals surface area contributed by atoms with E-state index in [9.17, 15) is 0 Å². The first kappa shape index (κ1) is 42.6. The predicted octanol–water partition coefficient (Wildman–Crippen LogP) is 16.1. The van der Waals surface area contributed by atoms with Crippen LogP contribution in [0, 0.1) is 6.92 Å². The van der Waals surface area contributed by atoms with Crippen molar-refractivity contribution in [3.63, 3.8) is 0 Å². The molecule has 0 N–H and O–H groups in total. The number of hydrogen-bond donors (Lipinski definition) is 0. The van der Waals surface area contributed by atoms with Gasteiger partial charge in [-0.2, -0.15) is 0 Å². The normalized spacial score (nSPS) is 12.6. The van der Waals surface area contributed by atoms with Gasteiger partial charge in [0, 0.05) is 12.2 Å². The van der Waals surface area contributed by atoms with E-state index >= 15 is 0 Å². The number of rotatable bonds is 11. The molecule has 0 heterocycles. The minimum Gasteiger partial charge on any atom is -0.335 e. The maximum atomic E-state index is 4.40. The molecule has 0 aliphatic carbocycles. The van der Waals surface area contributed by atoms with Gasteiger partial charge in [0.1, 0.15) is 0 Å². The molecule has 0 fully saturated rings. The highest BCUT2D eigenvalue weighted by Gasteiger charge is 2.20.